The van der Waals surface area contributed by atoms with Gasteiger partial charge >= 0.3 is 0 Å². The Morgan fingerprint density at radius 1 is 1.19 bits per heavy atom. The Morgan fingerprint density at radius 2 is 1.95 bits per heavy atom. The number of carbonyl (C=O) groups excluding carboxylic acids is 1. The molecular formula is C16H20N2O3. The first-order valence-electron chi connectivity index (χ1n) is 7.74. The van der Waals surface area contributed by atoms with Gasteiger partial charge in [0.25, 0.3) is 5.69 Å². The Hall–Kier alpha value is -1.91. The molecule has 112 valence electrons. The summed E-state index contributed by atoms with van der Waals surface area (Å²) in [5.41, 5.74) is 1.59. The highest BCUT2D eigenvalue weighted by molar-refractivity contribution is 6.03. The lowest BCUT2D eigenvalue weighted by Gasteiger charge is -2.22. The number of carbonyl (C=O) groups is 1. The summed E-state index contributed by atoms with van der Waals surface area (Å²) >= 11 is 0. The molecule has 1 aromatic carbocycles. The normalized spacial score (nSPS) is 21.9. The molecule has 5 heteroatoms. The van der Waals surface area contributed by atoms with E-state index in [1.807, 2.05) is 0 Å². The molecule has 1 atom stereocenters. The van der Waals surface area contributed by atoms with Crippen molar-refractivity contribution in [2.45, 2.75) is 50.9 Å². The number of hydrogen-bond acceptors (Lipinski definition) is 3. The van der Waals surface area contributed by atoms with E-state index in [9.17, 15) is 14.9 Å². The average molecular weight is 288 g/mol. The number of nitrogens with one attached hydrogen (secondary N) is 1. The van der Waals surface area contributed by atoms with E-state index < -0.39 is 4.92 Å². The fourth-order valence-corrected chi connectivity index (χ4v) is 3.59. The minimum Gasteiger partial charge on any atom is -0.325 e. The molecule has 1 fully saturated rings. The SMILES string of the molecule is O=C1Nc2ccc([N+](=O)[O-])cc2C1CCC1CCCCC1. The van der Waals surface area contributed by atoms with E-state index in [1.54, 1.807) is 12.1 Å². The van der Waals surface area contributed by atoms with Crippen LogP contribution in [0.15, 0.2) is 18.2 Å². The van der Waals surface area contributed by atoms with Gasteiger partial charge in [-0.05, 0) is 30.4 Å². The van der Waals surface area contributed by atoms with Gasteiger partial charge in [0.2, 0.25) is 5.91 Å². The fraction of sp³-hybridized carbons (Fsp3) is 0.562. The molecule has 1 aromatic rings. The van der Waals surface area contributed by atoms with Crippen LogP contribution in [0.1, 0.15) is 56.4 Å². The summed E-state index contributed by atoms with van der Waals surface area (Å²) in [5, 5.41) is 13.7. The van der Waals surface area contributed by atoms with E-state index in [1.165, 1.54) is 38.2 Å². The highest BCUT2D eigenvalue weighted by atomic mass is 16.6. The van der Waals surface area contributed by atoms with Crippen molar-refractivity contribution >= 4 is 17.3 Å². The van der Waals surface area contributed by atoms with Gasteiger partial charge in [0, 0.05) is 17.8 Å². The summed E-state index contributed by atoms with van der Waals surface area (Å²) in [7, 11) is 0. The molecule has 0 saturated heterocycles. The molecule has 1 N–H and O–H groups in total. The molecule has 0 aromatic heterocycles. The van der Waals surface area contributed by atoms with Crippen LogP contribution in [-0.2, 0) is 4.79 Å². The topological polar surface area (TPSA) is 72.2 Å². The Balaban J connectivity index is 1.72. The summed E-state index contributed by atoms with van der Waals surface area (Å²) in [6, 6.07) is 4.65. The molecule has 5 nitrogen and oxygen atoms in total. The van der Waals surface area contributed by atoms with Crippen molar-refractivity contribution in [2.24, 2.45) is 5.92 Å². The Labute approximate surface area is 123 Å². The summed E-state index contributed by atoms with van der Waals surface area (Å²) in [6.07, 6.45) is 8.28. The van der Waals surface area contributed by atoms with Gasteiger partial charge in [-0.3, -0.25) is 14.9 Å². The smallest absolute Gasteiger partial charge is 0.269 e. The van der Waals surface area contributed by atoms with Gasteiger partial charge in [-0.25, -0.2) is 0 Å². The minimum absolute atomic E-state index is 0.0127. The number of amides is 1. The van der Waals surface area contributed by atoms with E-state index in [-0.39, 0.29) is 17.5 Å². The highest BCUT2D eigenvalue weighted by Crippen LogP contribution is 2.39. The maximum absolute atomic E-state index is 12.1. The van der Waals surface area contributed by atoms with E-state index in [0.29, 0.717) is 5.92 Å². The standard InChI is InChI=1S/C16H20N2O3/c19-16-13(8-6-11-4-2-1-3-5-11)14-10-12(18(20)21)7-9-15(14)17-16/h7,9-11,13H,1-6,8H2,(H,17,19). The monoisotopic (exact) mass is 288 g/mol. The first-order chi connectivity index (χ1) is 10.1. The second-order valence-electron chi connectivity index (χ2n) is 6.15. The Bertz CT molecular complexity index is 565. The maximum Gasteiger partial charge on any atom is 0.269 e. The van der Waals surface area contributed by atoms with Crippen LogP contribution in [0.2, 0.25) is 0 Å². The average Bonchev–Trinajstić information content (AvgIpc) is 2.80. The van der Waals surface area contributed by atoms with Gasteiger partial charge < -0.3 is 5.32 Å². The summed E-state index contributed by atoms with van der Waals surface area (Å²) in [4.78, 5) is 22.6. The fourth-order valence-electron chi connectivity index (χ4n) is 3.59. The first-order valence-corrected chi connectivity index (χ1v) is 7.74. The molecule has 0 radical (unpaired) electrons. The molecule has 1 aliphatic heterocycles. The van der Waals surface area contributed by atoms with Gasteiger partial charge in [0.05, 0.1) is 10.8 Å². The number of rotatable bonds is 4. The van der Waals surface area contributed by atoms with Crippen molar-refractivity contribution < 1.29 is 9.72 Å². The van der Waals surface area contributed by atoms with Crippen LogP contribution in [0.25, 0.3) is 0 Å². The lowest BCUT2D eigenvalue weighted by molar-refractivity contribution is -0.384. The number of hydrogen-bond donors (Lipinski definition) is 1. The molecule has 1 aliphatic carbocycles. The lowest BCUT2D eigenvalue weighted by atomic mass is 9.83. The zero-order valence-corrected chi connectivity index (χ0v) is 12.0. The van der Waals surface area contributed by atoms with E-state index in [2.05, 4.69) is 5.32 Å². The van der Waals surface area contributed by atoms with Crippen LogP contribution in [0.4, 0.5) is 11.4 Å². The van der Waals surface area contributed by atoms with Crippen LogP contribution in [0, 0.1) is 16.0 Å². The van der Waals surface area contributed by atoms with Gasteiger partial charge in [0.15, 0.2) is 0 Å². The minimum atomic E-state index is -0.402. The van der Waals surface area contributed by atoms with Crippen molar-refractivity contribution in [3.05, 3.63) is 33.9 Å². The second-order valence-corrected chi connectivity index (χ2v) is 6.15. The summed E-state index contributed by atoms with van der Waals surface area (Å²) in [5.74, 6) is 0.484. The van der Waals surface area contributed by atoms with Crippen molar-refractivity contribution in [3.8, 4) is 0 Å². The largest absolute Gasteiger partial charge is 0.325 e. The van der Waals surface area contributed by atoms with Crippen molar-refractivity contribution in [2.75, 3.05) is 5.32 Å². The highest BCUT2D eigenvalue weighted by Gasteiger charge is 2.32. The Morgan fingerprint density at radius 3 is 2.67 bits per heavy atom. The van der Waals surface area contributed by atoms with Crippen LogP contribution in [-0.4, -0.2) is 10.8 Å². The van der Waals surface area contributed by atoms with Crippen molar-refractivity contribution in [1.82, 2.24) is 0 Å². The molecule has 2 aliphatic rings. The molecule has 21 heavy (non-hydrogen) atoms. The zero-order chi connectivity index (χ0) is 14.8. The van der Waals surface area contributed by atoms with Crippen LogP contribution >= 0.6 is 0 Å². The van der Waals surface area contributed by atoms with Gasteiger partial charge in [-0.2, -0.15) is 0 Å². The third kappa shape index (κ3) is 2.91. The second kappa shape index (κ2) is 5.84. The molecule has 3 rings (SSSR count). The van der Waals surface area contributed by atoms with Gasteiger partial charge in [-0.15, -0.1) is 0 Å². The molecule has 1 heterocycles. The van der Waals surface area contributed by atoms with Gasteiger partial charge in [-0.1, -0.05) is 32.1 Å². The van der Waals surface area contributed by atoms with Gasteiger partial charge in [0.1, 0.15) is 0 Å². The molecule has 1 unspecified atom stereocenters. The quantitative estimate of drug-likeness (QED) is 0.672. The molecule has 1 amide bonds. The predicted octanol–water partition coefficient (Wildman–Crippen LogP) is 3.99. The summed E-state index contributed by atoms with van der Waals surface area (Å²) < 4.78 is 0. The summed E-state index contributed by atoms with van der Waals surface area (Å²) in [6.45, 7) is 0. The number of nitrogens with zero attached hydrogens (tertiary/aromatic N) is 1. The number of nitro benzene ring substituents is 1. The van der Waals surface area contributed by atoms with Crippen LogP contribution in [0.5, 0.6) is 0 Å². The number of benzene rings is 1. The predicted molar refractivity (Wildman–Crippen MR) is 80.3 cm³/mol. The van der Waals surface area contributed by atoms with Crippen LogP contribution < -0.4 is 5.32 Å². The molecule has 0 spiro atoms. The lowest BCUT2D eigenvalue weighted by Crippen LogP contribution is -2.14. The van der Waals surface area contributed by atoms with Crippen LogP contribution in [0.3, 0.4) is 0 Å². The first kappa shape index (κ1) is 14.0. The number of anilines is 1. The number of nitro groups is 1. The van der Waals surface area contributed by atoms with Crippen molar-refractivity contribution in [1.29, 1.82) is 0 Å². The maximum atomic E-state index is 12.1. The van der Waals surface area contributed by atoms with E-state index in [4.69, 9.17) is 0 Å². The third-order valence-corrected chi connectivity index (χ3v) is 4.78. The molecule has 0 bridgehead atoms. The zero-order valence-electron chi connectivity index (χ0n) is 12.0. The van der Waals surface area contributed by atoms with Crippen molar-refractivity contribution in [3.63, 3.8) is 0 Å². The number of non-ortho nitro benzene ring substituents is 1. The third-order valence-electron chi connectivity index (χ3n) is 4.78. The molecule has 1 saturated carbocycles. The Kier molecular flexibility index (Phi) is 3.90. The van der Waals surface area contributed by atoms with E-state index >= 15 is 0 Å². The van der Waals surface area contributed by atoms with E-state index in [0.717, 1.165) is 24.1 Å². The number of fused-ring (bicyclic) bond motifs is 1. The molecular weight excluding hydrogens is 268 g/mol.